The number of H-pyrrole nitrogens is 1. The van der Waals surface area contributed by atoms with Gasteiger partial charge in [-0.2, -0.15) is 0 Å². The number of nitrogens with one attached hydrogen (secondary N) is 1. The second kappa shape index (κ2) is 3.67. The van der Waals surface area contributed by atoms with Crippen molar-refractivity contribution < 1.29 is 0 Å². The molecule has 0 bridgehead atoms. The maximum Gasteiger partial charge on any atom is 0.334 e. The van der Waals surface area contributed by atoms with E-state index in [0.29, 0.717) is 5.13 Å². The molecule has 3 aromatic rings. The molecular weight excluding hydrogens is 238 g/mol. The van der Waals surface area contributed by atoms with Crippen molar-refractivity contribution in [1.82, 2.24) is 14.5 Å². The number of para-hydroxylation sites is 1. The lowest BCUT2D eigenvalue weighted by Gasteiger charge is -1.96. The minimum Gasteiger partial charge on any atom is -0.274 e. The molecule has 0 spiro atoms. The lowest BCUT2D eigenvalue weighted by Crippen LogP contribution is -2.27. The molecule has 5 nitrogen and oxygen atoms in total. The van der Waals surface area contributed by atoms with Crippen molar-refractivity contribution in [3.05, 3.63) is 57.4 Å². The Morgan fingerprint density at radius 2 is 2.00 bits per heavy atom. The van der Waals surface area contributed by atoms with Gasteiger partial charge in [0.15, 0.2) is 5.13 Å². The summed E-state index contributed by atoms with van der Waals surface area (Å²) in [7, 11) is 0. The van der Waals surface area contributed by atoms with Crippen LogP contribution in [0.15, 0.2) is 46.1 Å². The molecule has 0 atom stereocenters. The van der Waals surface area contributed by atoms with E-state index in [1.54, 1.807) is 0 Å². The van der Waals surface area contributed by atoms with Gasteiger partial charge in [-0.3, -0.25) is 9.78 Å². The number of rotatable bonds is 1. The average molecular weight is 245 g/mol. The fourth-order valence-corrected chi connectivity index (χ4v) is 2.48. The third-order valence-electron chi connectivity index (χ3n) is 2.31. The second-order valence-electron chi connectivity index (χ2n) is 3.44. The van der Waals surface area contributed by atoms with E-state index < -0.39 is 11.2 Å². The second-order valence-corrected chi connectivity index (χ2v) is 4.45. The van der Waals surface area contributed by atoms with Gasteiger partial charge >= 0.3 is 5.69 Å². The number of nitrogens with zero attached hydrogens (tertiary/aromatic N) is 2. The van der Waals surface area contributed by atoms with Gasteiger partial charge in [0, 0.05) is 12.3 Å². The minimum atomic E-state index is -0.475. The van der Waals surface area contributed by atoms with Crippen LogP contribution in [0.3, 0.4) is 0 Å². The molecule has 0 radical (unpaired) electrons. The molecule has 0 unspecified atom stereocenters. The first kappa shape index (κ1) is 9.98. The molecule has 0 amide bonds. The fourth-order valence-electron chi connectivity index (χ4n) is 1.53. The number of aromatic nitrogens is 3. The van der Waals surface area contributed by atoms with E-state index in [2.05, 4.69) is 9.97 Å². The summed E-state index contributed by atoms with van der Waals surface area (Å²) in [5.74, 6) is 0. The topological polar surface area (TPSA) is 67.8 Å². The van der Waals surface area contributed by atoms with Gasteiger partial charge in [-0.15, -0.1) is 0 Å². The highest BCUT2D eigenvalue weighted by molar-refractivity contribution is 7.20. The smallest absolute Gasteiger partial charge is 0.274 e. The Bertz CT molecular complexity index is 767. The van der Waals surface area contributed by atoms with Gasteiger partial charge in [-0.05, 0) is 12.1 Å². The summed E-state index contributed by atoms with van der Waals surface area (Å²) in [5, 5.41) is 0.549. The van der Waals surface area contributed by atoms with Crippen LogP contribution in [-0.2, 0) is 0 Å². The Hall–Kier alpha value is -2.21. The maximum absolute atomic E-state index is 11.6. The summed E-state index contributed by atoms with van der Waals surface area (Å²) in [6.45, 7) is 0. The van der Waals surface area contributed by atoms with Crippen LogP contribution in [0.4, 0.5) is 0 Å². The lowest BCUT2D eigenvalue weighted by molar-refractivity contribution is 0.890. The Balaban J connectivity index is 2.27. The highest BCUT2D eigenvalue weighted by atomic mass is 32.1. The molecule has 6 heteroatoms. The van der Waals surface area contributed by atoms with Gasteiger partial charge in [0.1, 0.15) is 0 Å². The van der Waals surface area contributed by atoms with Gasteiger partial charge in [0.25, 0.3) is 5.56 Å². The van der Waals surface area contributed by atoms with Crippen molar-refractivity contribution >= 4 is 21.6 Å². The van der Waals surface area contributed by atoms with Crippen molar-refractivity contribution in [3.8, 4) is 5.13 Å². The van der Waals surface area contributed by atoms with Crippen LogP contribution in [0.2, 0.25) is 0 Å². The van der Waals surface area contributed by atoms with Crippen LogP contribution < -0.4 is 11.2 Å². The van der Waals surface area contributed by atoms with Crippen LogP contribution in [0.5, 0.6) is 0 Å². The van der Waals surface area contributed by atoms with Gasteiger partial charge in [-0.25, -0.2) is 14.3 Å². The van der Waals surface area contributed by atoms with Gasteiger partial charge in [-0.1, -0.05) is 23.5 Å². The van der Waals surface area contributed by atoms with E-state index in [1.165, 1.54) is 28.2 Å². The predicted molar refractivity (Wildman–Crippen MR) is 65.8 cm³/mol. The minimum absolute atomic E-state index is 0.410. The summed E-state index contributed by atoms with van der Waals surface area (Å²) < 4.78 is 2.33. The first-order chi connectivity index (χ1) is 8.24. The van der Waals surface area contributed by atoms with E-state index >= 15 is 0 Å². The quantitative estimate of drug-likeness (QED) is 0.699. The predicted octanol–water partition coefficient (Wildman–Crippen LogP) is 1.14. The molecular formula is C11H7N3O2S. The molecule has 1 aromatic carbocycles. The largest absolute Gasteiger partial charge is 0.334 e. The monoisotopic (exact) mass is 245 g/mol. The molecule has 3 rings (SSSR count). The Morgan fingerprint density at radius 3 is 2.76 bits per heavy atom. The van der Waals surface area contributed by atoms with Crippen molar-refractivity contribution in [3.63, 3.8) is 0 Å². The van der Waals surface area contributed by atoms with Crippen molar-refractivity contribution in [1.29, 1.82) is 0 Å². The zero-order valence-electron chi connectivity index (χ0n) is 8.58. The first-order valence-corrected chi connectivity index (χ1v) is 5.73. The number of hydrogen-bond acceptors (Lipinski definition) is 4. The fraction of sp³-hybridized carbons (Fsp3) is 0. The van der Waals surface area contributed by atoms with Crippen LogP contribution in [0, 0.1) is 0 Å². The molecule has 17 heavy (non-hydrogen) atoms. The zero-order valence-corrected chi connectivity index (χ0v) is 9.40. The summed E-state index contributed by atoms with van der Waals surface area (Å²) >= 11 is 1.40. The van der Waals surface area contributed by atoms with Gasteiger partial charge < -0.3 is 0 Å². The van der Waals surface area contributed by atoms with E-state index in [9.17, 15) is 9.59 Å². The number of benzene rings is 1. The van der Waals surface area contributed by atoms with Crippen LogP contribution in [0.1, 0.15) is 0 Å². The average Bonchev–Trinajstić information content (AvgIpc) is 2.72. The van der Waals surface area contributed by atoms with Crippen molar-refractivity contribution in [2.75, 3.05) is 0 Å². The van der Waals surface area contributed by atoms with E-state index in [1.807, 2.05) is 24.3 Å². The molecule has 0 saturated carbocycles. The van der Waals surface area contributed by atoms with Crippen molar-refractivity contribution in [2.45, 2.75) is 0 Å². The maximum atomic E-state index is 11.6. The van der Waals surface area contributed by atoms with Crippen molar-refractivity contribution in [2.24, 2.45) is 0 Å². The number of aromatic amines is 1. The molecule has 0 fully saturated rings. The Kier molecular flexibility index (Phi) is 2.15. The SMILES string of the molecule is O=c1ccn(-c2nc3ccccc3s2)c(=O)[nH]1. The third-order valence-corrected chi connectivity index (χ3v) is 3.35. The van der Waals surface area contributed by atoms with E-state index in [-0.39, 0.29) is 0 Å². The first-order valence-electron chi connectivity index (χ1n) is 4.92. The van der Waals surface area contributed by atoms with E-state index in [4.69, 9.17) is 0 Å². The van der Waals surface area contributed by atoms with Crippen LogP contribution >= 0.6 is 11.3 Å². The summed E-state index contributed by atoms with van der Waals surface area (Å²) in [4.78, 5) is 29.1. The normalized spacial score (nSPS) is 10.8. The molecule has 2 aromatic heterocycles. The molecule has 1 N–H and O–H groups in total. The zero-order chi connectivity index (χ0) is 11.8. The molecule has 2 heterocycles. The number of hydrogen-bond donors (Lipinski definition) is 1. The van der Waals surface area contributed by atoms with Gasteiger partial charge in [0.05, 0.1) is 10.2 Å². The van der Waals surface area contributed by atoms with E-state index in [0.717, 1.165) is 10.2 Å². The number of thiazole rings is 1. The molecule has 0 aliphatic heterocycles. The Labute approximate surface area is 99.0 Å². The molecule has 0 aliphatic carbocycles. The molecule has 0 saturated heterocycles. The lowest BCUT2D eigenvalue weighted by atomic mass is 10.3. The highest BCUT2D eigenvalue weighted by Gasteiger charge is 2.06. The molecule has 0 aliphatic rings. The highest BCUT2D eigenvalue weighted by Crippen LogP contribution is 2.23. The molecule has 84 valence electrons. The summed E-state index contributed by atoms with van der Waals surface area (Å²) in [6.07, 6.45) is 1.43. The van der Waals surface area contributed by atoms with Crippen LogP contribution in [0.25, 0.3) is 15.3 Å². The van der Waals surface area contributed by atoms with Gasteiger partial charge in [0.2, 0.25) is 0 Å². The number of fused-ring (bicyclic) bond motifs is 1. The summed E-state index contributed by atoms with van der Waals surface area (Å²) in [6, 6.07) is 8.92. The standard InChI is InChI=1S/C11H7N3O2S/c15-9-5-6-14(10(16)13-9)11-12-7-3-1-2-4-8(7)17-11/h1-6H,(H,13,15,16). The third kappa shape index (κ3) is 1.68. The van der Waals surface area contributed by atoms with Crippen LogP contribution in [-0.4, -0.2) is 14.5 Å². The Morgan fingerprint density at radius 1 is 1.18 bits per heavy atom. The summed E-state index contributed by atoms with van der Waals surface area (Å²) in [5.41, 5.74) is -0.0467.